The maximum atomic E-state index is 8.76. The molecule has 0 bridgehead atoms. The van der Waals surface area contributed by atoms with Crippen molar-refractivity contribution in [2.75, 3.05) is 12.1 Å². The van der Waals surface area contributed by atoms with E-state index in [0.29, 0.717) is 10.6 Å². The second-order valence-electron chi connectivity index (χ2n) is 3.49. The van der Waals surface area contributed by atoms with E-state index in [0.717, 1.165) is 17.8 Å². The highest BCUT2D eigenvalue weighted by Gasteiger charge is 2.04. The van der Waals surface area contributed by atoms with Crippen LogP contribution in [0.15, 0.2) is 23.3 Å². The molecule has 4 heteroatoms. The number of hydrazone groups is 1. The molecule has 0 aliphatic carbocycles. The Morgan fingerprint density at radius 3 is 2.75 bits per heavy atom. The molecular weight excluding hydrogens is 222 g/mol. The van der Waals surface area contributed by atoms with Gasteiger partial charge in [-0.1, -0.05) is 18.5 Å². The van der Waals surface area contributed by atoms with E-state index in [1.807, 2.05) is 26.1 Å². The molecule has 16 heavy (non-hydrogen) atoms. The Hall–Kier alpha value is -1.53. The van der Waals surface area contributed by atoms with Crippen molar-refractivity contribution in [3.63, 3.8) is 0 Å². The smallest absolute Gasteiger partial charge is 0.101 e. The lowest BCUT2D eigenvalue weighted by Gasteiger charge is -2.14. The van der Waals surface area contributed by atoms with Gasteiger partial charge < -0.3 is 0 Å². The van der Waals surface area contributed by atoms with Gasteiger partial charge in [-0.2, -0.15) is 10.4 Å². The van der Waals surface area contributed by atoms with Crippen LogP contribution in [0.4, 0.5) is 5.69 Å². The molecule has 0 saturated heterocycles. The van der Waals surface area contributed by atoms with E-state index >= 15 is 0 Å². The van der Waals surface area contributed by atoms with Crippen molar-refractivity contribution >= 4 is 23.0 Å². The van der Waals surface area contributed by atoms with E-state index in [4.69, 9.17) is 16.9 Å². The highest BCUT2D eigenvalue weighted by molar-refractivity contribution is 6.32. The van der Waals surface area contributed by atoms with E-state index in [1.54, 1.807) is 17.1 Å². The molecule has 84 valence electrons. The van der Waals surface area contributed by atoms with Crippen molar-refractivity contribution in [2.24, 2.45) is 5.10 Å². The SMILES string of the molecule is CC/C(C)=N/N(C)c1ccc(C#N)c(Cl)c1. The third-order valence-corrected chi connectivity index (χ3v) is 2.59. The Bertz CT molecular complexity index is 446. The maximum Gasteiger partial charge on any atom is 0.101 e. The van der Waals surface area contributed by atoms with Crippen LogP contribution in [0.3, 0.4) is 0 Å². The Morgan fingerprint density at radius 2 is 2.25 bits per heavy atom. The van der Waals surface area contributed by atoms with Crippen LogP contribution < -0.4 is 5.01 Å². The summed E-state index contributed by atoms with van der Waals surface area (Å²) in [6.45, 7) is 4.03. The molecule has 3 nitrogen and oxygen atoms in total. The molecule has 0 fully saturated rings. The fourth-order valence-corrected chi connectivity index (χ4v) is 1.40. The second kappa shape index (κ2) is 5.53. The number of benzene rings is 1. The summed E-state index contributed by atoms with van der Waals surface area (Å²) in [5.74, 6) is 0. The van der Waals surface area contributed by atoms with E-state index in [9.17, 15) is 0 Å². The van der Waals surface area contributed by atoms with E-state index in [1.165, 1.54) is 0 Å². The Kier molecular flexibility index (Phi) is 4.33. The summed E-state index contributed by atoms with van der Waals surface area (Å²) in [6.07, 6.45) is 0.911. The van der Waals surface area contributed by atoms with Crippen molar-refractivity contribution in [3.8, 4) is 6.07 Å². The molecule has 0 heterocycles. The fraction of sp³-hybridized carbons (Fsp3) is 0.333. The van der Waals surface area contributed by atoms with Crippen LogP contribution in [0.2, 0.25) is 5.02 Å². The first kappa shape index (κ1) is 12.5. The molecule has 0 amide bonds. The maximum absolute atomic E-state index is 8.76. The zero-order valence-electron chi connectivity index (χ0n) is 9.66. The zero-order chi connectivity index (χ0) is 12.1. The van der Waals surface area contributed by atoms with Gasteiger partial charge in [0.15, 0.2) is 0 Å². The van der Waals surface area contributed by atoms with Gasteiger partial charge in [0.05, 0.1) is 16.3 Å². The minimum atomic E-state index is 0.455. The standard InChI is InChI=1S/C12H14ClN3/c1-4-9(2)15-16(3)11-6-5-10(8-14)12(13)7-11/h5-7H,4H2,1-3H3/b15-9+. The Labute approximate surface area is 101 Å². The summed E-state index contributed by atoms with van der Waals surface area (Å²) in [6, 6.07) is 7.30. The van der Waals surface area contributed by atoms with Gasteiger partial charge in [0.25, 0.3) is 0 Å². The van der Waals surface area contributed by atoms with Crippen molar-refractivity contribution in [2.45, 2.75) is 20.3 Å². The van der Waals surface area contributed by atoms with Crippen molar-refractivity contribution in [1.29, 1.82) is 5.26 Å². The average molecular weight is 236 g/mol. The summed E-state index contributed by atoms with van der Waals surface area (Å²) in [5, 5.41) is 15.3. The first-order chi connectivity index (χ1) is 7.58. The minimum absolute atomic E-state index is 0.455. The van der Waals surface area contributed by atoms with E-state index in [2.05, 4.69) is 12.0 Å². The van der Waals surface area contributed by atoms with Gasteiger partial charge in [-0.15, -0.1) is 0 Å². The summed E-state index contributed by atoms with van der Waals surface area (Å²) in [7, 11) is 1.86. The lowest BCUT2D eigenvalue weighted by atomic mass is 10.2. The molecule has 0 aliphatic heterocycles. The number of nitriles is 1. The van der Waals surface area contributed by atoms with Crippen LogP contribution >= 0.6 is 11.6 Å². The largest absolute Gasteiger partial charge is 0.269 e. The molecule has 0 spiro atoms. The van der Waals surface area contributed by atoms with Gasteiger partial charge in [-0.3, -0.25) is 5.01 Å². The van der Waals surface area contributed by atoms with Gasteiger partial charge in [-0.05, 0) is 31.5 Å². The number of rotatable bonds is 3. The van der Waals surface area contributed by atoms with Gasteiger partial charge in [0.1, 0.15) is 6.07 Å². The molecule has 0 unspecified atom stereocenters. The molecule has 0 aliphatic rings. The van der Waals surface area contributed by atoms with Gasteiger partial charge in [0, 0.05) is 12.8 Å². The van der Waals surface area contributed by atoms with Gasteiger partial charge in [0.2, 0.25) is 0 Å². The van der Waals surface area contributed by atoms with Crippen LogP contribution in [0, 0.1) is 11.3 Å². The highest BCUT2D eigenvalue weighted by atomic mass is 35.5. The normalized spacial score (nSPS) is 11.1. The second-order valence-corrected chi connectivity index (χ2v) is 3.90. The first-order valence-electron chi connectivity index (χ1n) is 5.06. The quantitative estimate of drug-likeness (QED) is 0.595. The molecule has 0 aromatic heterocycles. The third-order valence-electron chi connectivity index (χ3n) is 2.28. The number of hydrogen-bond donors (Lipinski definition) is 0. The molecular formula is C12H14ClN3. The predicted molar refractivity (Wildman–Crippen MR) is 68.0 cm³/mol. The van der Waals surface area contributed by atoms with Crippen LogP contribution in [0.5, 0.6) is 0 Å². The van der Waals surface area contributed by atoms with Crippen LogP contribution in [0.1, 0.15) is 25.8 Å². The van der Waals surface area contributed by atoms with Gasteiger partial charge >= 0.3 is 0 Å². The molecule has 0 N–H and O–H groups in total. The molecule has 0 radical (unpaired) electrons. The molecule has 0 saturated carbocycles. The molecule has 1 aromatic rings. The monoisotopic (exact) mass is 235 g/mol. The molecule has 1 rings (SSSR count). The predicted octanol–water partition coefficient (Wildman–Crippen LogP) is 3.43. The Balaban J connectivity index is 2.98. The number of halogens is 1. The first-order valence-corrected chi connectivity index (χ1v) is 5.43. The Morgan fingerprint density at radius 1 is 1.56 bits per heavy atom. The molecule has 0 atom stereocenters. The van der Waals surface area contributed by atoms with Crippen molar-refractivity contribution in [3.05, 3.63) is 28.8 Å². The number of anilines is 1. The fourth-order valence-electron chi connectivity index (χ4n) is 1.18. The van der Waals surface area contributed by atoms with Crippen LogP contribution in [0.25, 0.3) is 0 Å². The third kappa shape index (κ3) is 2.98. The summed E-state index contributed by atoms with van der Waals surface area (Å²) in [4.78, 5) is 0. The number of hydrogen-bond acceptors (Lipinski definition) is 3. The average Bonchev–Trinajstić information content (AvgIpc) is 2.28. The summed E-state index contributed by atoms with van der Waals surface area (Å²) in [5.41, 5.74) is 2.40. The topological polar surface area (TPSA) is 39.4 Å². The van der Waals surface area contributed by atoms with Crippen LogP contribution in [-0.2, 0) is 0 Å². The zero-order valence-corrected chi connectivity index (χ0v) is 10.4. The van der Waals surface area contributed by atoms with Crippen molar-refractivity contribution in [1.82, 2.24) is 0 Å². The lowest BCUT2D eigenvalue weighted by molar-refractivity contribution is 0.998. The summed E-state index contributed by atoms with van der Waals surface area (Å²) >= 11 is 5.95. The van der Waals surface area contributed by atoms with E-state index in [-0.39, 0.29) is 0 Å². The molecule has 1 aromatic carbocycles. The number of nitrogens with zero attached hydrogens (tertiary/aromatic N) is 3. The summed E-state index contributed by atoms with van der Waals surface area (Å²) < 4.78 is 0. The highest BCUT2D eigenvalue weighted by Crippen LogP contribution is 2.22. The van der Waals surface area contributed by atoms with E-state index < -0.39 is 0 Å². The van der Waals surface area contributed by atoms with Gasteiger partial charge in [-0.25, -0.2) is 0 Å². The lowest BCUT2D eigenvalue weighted by Crippen LogP contribution is -2.11. The minimum Gasteiger partial charge on any atom is -0.269 e. The van der Waals surface area contributed by atoms with Crippen LogP contribution in [-0.4, -0.2) is 12.8 Å². The van der Waals surface area contributed by atoms with Crippen molar-refractivity contribution < 1.29 is 0 Å².